The van der Waals surface area contributed by atoms with Crippen LogP contribution in [0.15, 0.2) is 72.9 Å². The van der Waals surface area contributed by atoms with Crippen LogP contribution in [0.3, 0.4) is 0 Å². The maximum absolute atomic E-state index is 12.6. The molecule has 1 unspecified atom stereocenters. The molecule has 0 aliphatic rings. The van der Waals surface area contributed by atoms with E-state index in [0.29, 0.717) is 17.3 Å². The van der Waals surface area contributed by atoms with Crippen molar-refractivity contribution in [2.45, 2.75) is 19.3 Å². The fourth-order valence-corrected chi connectivity index (χ4v) is 2.59. The van der Waals surface area contributed by atoms with E-state index in [1.54, 1.807) is 30.5 Å². The molecule has 0 radical (unpaired) electrons. The average molecular weight is 333 g/mol. The van der Waals surface area contributed by atoms with Crippen LogP contribution in [0.4, 0.5) is 5.69 Å². The number of aromatic nitrogens is 2. The molecule has 0 spiro atoms. The highest BCUT2D eigenvalue weighted by Crippen LogP contribution is 2.25. The summed E-state index contributed by atoms with van der Waals surface area (Å²) in [6.45, 7) is 2.00. The Balaban J connectivity index is 1.72. The highest BCUT2D eigenvalue weighted by Gasteiger charge is 2.18. The number of carbonyl (C=O) groups is 1. The quantitative estimate of drug-likeness (QED) is 0.726. The van der Waals surface area contributed by atoms with Crippen LogP contribution in [0, 0.1) is 0 Å². The molecule has 3 rings (SSSR count). The summed E-state index contributed by atoms with van der Waals surface area (Å²) in [6.07, 6.45) is 2.31. The Morgan fingerprint density at radius 2 is 1.92 bits per heavy atom. The molecule has 126 valence electrons. The number of anilines is 1. The first-order valence-corrected chi connectivity index (χ1v) is 8.17. The number of nitrogens with one attached hydrogen (secondary N) is 1. The van der Waals surface area contributed by atoms with Gasteiger partial charge < -0.3 is 10.1 Å². The molecule has 5 heteroatoms. The lowest BCUT2D eigenvalue weighted by molar-refractivity contribution is -0.117. The van der Waals surface area contributed by atoms with Crippen LogP contribution >= 0.6 is 0 Å². The Hall–Kier alpha value is -3.21. The summed E-state index contributed by atoms with van der Waals surface area (Å²) >= 11 is 0. The molecular formula is C20H19N3O2. The van der Waals surface area contributed by atoms with Gasteiger partial charge in [-0.2, -0.15) is 5.10 Å². The molecule has 1 N–H and O–H groups in total. The van der Waals surface area contributed by atoms with E-state index in [0.717, 1.165) is 12.0 Å². The molecule has 1 heterocycles. The van der Waals surface area contributed by atoms with E-state index in [4.69, 9.17) is 4.74 Å². The van der Waals surface area contributed by atoms with Crippen LogP contribution in [-0.2, 0) is 4.79 Å². The fraction of sp³-hybridized carbons (Fsp3) is 0.150. The predicted molar refractivity (Wildman–Crippen MR) is 96.7 cm³/mol. The topological polar surface area (TPSA) is 64.1 Å². The second-order valence-electron chi connectivity index (χ2n) is 5.55. The van der Waals surface area contributed by atoms with Crippen molar-refractivity contribution in [1.82, 2.24) is 10.2 Å². The van der Waals surface area contributed by atoms with Gasteiger partial charge in [-0.15, -0.1) is 5.10 Å². The van der Waals surface area contributed by atoms with Gasteiger partial charge in [0.05, 0.1) is 5.92 Å². The van der Waals surface area contributed by atoms with E-state index in [-0.39, 0.29) is 11.8 Å². The standard InChI is InChI=1S/C20H19N3O2/c1-2-18(15-8-4-3-5-9-15)20(24)22-16-10-6-11-17(14-16)25-19-12-7-13-21-23-19/h3-14,18H,2H2,1H3,(H,22,24). The molecule has 25 heavy (non-hydrogen) atoms. The lowest BCUT2D eigenvalue weighted by Gasteiger charge is -2.16. The molecule has 5 nitrogen and oxygen atoms in total. The number of hydrogen-bond acceptors (Lipinski definition) is 4. The number of benzene rings is 2. The summed E-state index contributed by atoms with van der Waals surface area (Å²) in [5, 5.41) is 10.6. The Kier molecular flexibility index (Phi) is 5.36. The molecule has 2 aromatic carbocycles. The third kappa shape index (κ3) is 4.41. The van der Waals surface area contributed by atoms with Crippen molar-refractivity contribution in [3.63, 3.8) is 0 Å². The number of ether oxygens (including phenoxy) is 1. The number of rotatable bonds is 6. The zero-order valence-electron chi connectivity index (χ0n) is 13.9. The molecule has 0 fully saturated rings. The van der Waals surface area contributed by atoms with Gasteiger partial charge in [0.2, 0.25) is 11.8 Å². The Morgan fingerprint density at radius 3 is 2.64 bits per heavy atom. The van der Waals surface area contributed by atoms with Crippen molar-refractivity contribution in [1.29, 1.82) is 0 Å². The predicted octanol–water partition coefficient (Wildman–Crippen LogP) is 4.40. The second kappa shape index (κ2) is 8.06. The summed E-state index contributed by atoms with van der Waals surface area (Å²) in [7, 11) is 0. The van der Waals surface area contributed by atoms with E-state index in [9.17, 15) is 4.79 Å². The van der Waals surface area contributed by atoms with Crippen LogP contribution < -0.4 is 10.1 Å². The summed E-state index contributed by atoms with van der Waals surface area (Å²) in [5.74, 6) is 0.767. The smallest absolute Gasteiger partial charge is 0.238 e. The number of carbonyl (C=O) groups excluding carboxylic acids is 1. The number of amides is 1. The summed E-state index contributed by atoms with van der Waals surface area (Å²) < 4.78 is 5.65. The zero-order valence-corrected chi connectivity index (χ0v) is 13.9. The van der Waals surface area contributed by atoms with Gasteiger partial charge in [-0.1, -0.05) is 43.3 Å². The van der Waals surface area contributed by atoms with E-state index in [1.807, 2.05) is 49.4 Å². The Morgan fingerprint density at radius 1 is 1.08 bits per heavy atom. The lowest BCUT2D eigenvalue weighted by Crippen LogP contribution is -2.20. The highest BCUT2D eigenvalue weighted by atomic mass is 16.5. The molecule has 3 aromatic rings. The second-order valence-corrected chi connectivity index (χ2v) is 5.55. The first-order chi connectivity index (χ1) is 12.3. The van der Waals surface area contributed by atoms with Crippen LogP contribution in [0.1, 0.15) is 24.8 Å². The molecule has 1 atom stereocenters. The molecule has 0 saturated heterocycles. The van der Waals surface area contributed by atoms with E-state index in [2.05, 4.69) is 15.5 Å². The van der Waals surface area contributed by atoms with Crippen LogP contribution in [-0.4, -0.2) is 16.1 Å². The first kappa shape index (κ1) is 16.6. The number of hydrogen-bond donors (Lipinski definition) is 1. The zero-order chi connectivity index (χ0) is 17.5. The van der Waals surface area contributed by atoms with Crippen molar-refractivity contribution in [2.24, 2.45) is 0 Å². The first-order valence-electron chi connectivity index (χ1n) is 8.17. The molecular weight excluding hydrogens is 314 g/mol. The van der Waals surface area contributed by atoms with Crippen molar-refractivity contribution in [3.05, 3.63) is 78.5 Å². The van der Waals surface area contributed by atoms with Crippen molar-refractivity contribution in [3.8, 4) is 11.6 Å². The van der Waals surface area contributed by atoms with Crippen LogP contribution in [0.2, 0.25) is 0 Å². The van der Waals surface area contributed by atoms with Gasteiger partial charge in [-0.3, -0.25) is 4.79 Å². The Bertz CT molecular complexity index is 823. The minimum Gasteiger partial charge on any atom is -0.437 e. The maximum Gasteiger partial charge on any atom is 0.238 e. The van der Waals surface area contributed by atoms with E-state index < -0.39 is 0 Å². The van der Waals surface area contributed by atoms with Crippen LogP contribution in [0.25, 0.3) is 0 Å². The SMILES string of the molecule is CCC(C(=O)Nc1cccc(Oc2cccnn2)c1)c1ccccc1. The van der Waals surface area contributed by atoms with Gasteiger partial charge >= 0.3 is 0 Å². The summed E-state index contributed by atoms with van der Waals surface area (Å²) in [6, 6.07) is 20.5. The molecule has 0 saturated carbocycles. The maximum atomic E-state index is 12.6. The summed E-state index contributed by atoms with van der Waals surface area (Å²) in [4.78, 5) is 12.6. The van der Waals surface area contributed by atoms with Gasteiger partial charge in [0.15, 0.2) is 0 Å². The monoisotopic (exact) mass is 333 g/mol. The molecule has 0 aliphatic heterocycles. The minimum absolute atomic E-state index is 0.0367. The van der Waals surface area contributed by atoms with Gasteiger partial charge in [0.1, 0.15) is 5.75 Å². The van der Waals surface area contributed by atoms with Gasteiger partial charge in [-0.05, 0) is 30.2 Å². The van der Waals surface area contributed by atoms with Crippen LogP contribution in [0.5, 0.6) is 11.6 Å². The van der Waals surface area contributed by atoms with Crippen molar-refractivity contribution in [2.75, 3.05) is 5.32 Å². The number of nitrogens with zero attached hydrogens (tertiary/aromatic N) is 2. The van der Waals surface area contributed by atoms with Gasteiger partial charge in [0, 0.05) is 24.0 Å². The van der Waals surface area contributed by atoms with E-state index in [1.165, 1.54) is 0 Å². The van der Waals surface area contributed by atoms with Crippen molar-refractivity contribution < 1.29 is 9.53 Å². The third-order valence-corrected chi connectivity index (χ3v) is 3.80. The largest absolute Gasteiger partial charge is 0.437 e. The third-order valence-electron chi connectivity index (χ3n) is 3.80. The Labute approximate surface area is 146 Å². The molecule has 1 amide bonds. The van der Waals surface area contributed by atoms with Gasteiger partial charge in [-0.25, -0.2) is 0 Å². The molecule has 1 aromatic heterocycles. The van der Waals surface area contributed by atoms with Crippen molar-refractivity contribution >= 4 is 11.6 Å². The average Bonchev–Trinajstić information content (AvgIpc) is 2.64. The minimum atomic E-state index is -0.189. The fourth-order valence-electron chi connectivity index (χ4n) is 2.59. The normalized spacial score (nSPS) is 11.6. The molecule has 0 aliphatic carbocycles. The van der Waals surface area contributed by atoms with E-state index >= 15 is 0 Å². The highest BCUT2D eigenvalue weighted by molar-refractivity contribution is 5.95. The molecule has 0 bridgehead atoms. The van der Waals surface area contributed by atoms with Gasteiger partial charge in [0.25, 0.3) is 0 Å². The lowest BCUT2D eigenvalue weighted by atomic mass is 9.95. The summed E-state index contributed by atoms with van der Waals surface area (Å²) in [5.41, 5.74) is 1.69.